The van der Waals surface area contributed by atoms with E-state index in [1.165, 1.54) is 25.7 Å². The van der Waals surface area contributed by atoms with E-state index in [0.717, 1.165) is 15.8 Å². The fraction of sp³-hybridized carbons (Fsp3) is 0.375. The summed E-state index contributed by atoms with van der Waals surface area (Å²) >= 11 is 3.34. The number of halogens is 1. The highest BCUT2D eigenvalue weighted by atomic mass is 79.9. The molecule has 0 bridgehead atoms. The first kappa shape index (κ1) is 23.9. The fourth-order valence-corrected chi connectivity index (χ4v) is 4.41. The molecule has 4 N–H and O–H groups in total. The minimum absolute atomic E-state index is 0.472. The SMILES string of the molecule is CC(C)(C)OC(=O)Nc1cc(NC2CCCC2)cn2ccnc12.Nc1cc(Br)cn2ccnc12. The van der Waals surface area contributed by atoms with Crippen LogP contribution in [-0.4, -0.2) is 36.5 Å². The molecule has 4 heterocycles. The maximum Gasteiger partial charge on any atom is 0.412 e. The second-order valence-corrected chi connectivity index (χ2v) is 10.2. The number of nitrogen functional groups attached to an aromatic ring is 1. The van der Waals surface area contributed by atoms with Crippen molar-refractivity contribution in [3.8, 4) is 0 Å². The maximum atomic E-state index is 12.1. The lowest BCUT2D eigenvalue weighted by Crippen LogP contribution is -2.27. The smallest absolute Gasteiger partial charge is 0.412 e. The zero-order valence-electron chi connectivity index (χ0n) is 19.6. The molecule has 4 aromatic rings. The Balaban J connectivity index is 0.000000207. The zero-order valence-corrected chi connectivity index (χ0v) is 21.2. The van der Waals surface area contributed by atoms with Gasteiger partial charge in [0.1, 0.15) is 5.60 Å². The molecule has 1 fully saturated rings. The Labute approximate surface area is 206 Å². The summed E-state index contributed by atoms with van der Waals surface area (Å²) in [6.07, 6.45) is 15.5. The monoisotopic (exact) mass is 527 g/mol. The van der Waals surface area contributed by atoms with Crippen LogP contribution in [-0.2, 0) is 4.74 Å². The molecule has 1 saturated carbocycles. The summed E-state index contributed by atoms with van der Waals surface area (Å²) in [4.78, 5) is 20.4. The van der Waals surface area contributed by atoms with E-state index in [9.17, 15) is 4.79 Å². The van der Waals surface area contributed by atoms with E-state index in [0.29, 0.717) is 23.1 Å². The summed E-state index contributed by atoms with van der Waals surface area (Å²) in [7, 11) is 0. The van der Waals surface area contributed by atoms with Gasteiger partial charge in [-0.3, -0.25) is 5.32 Å². The Hall–Kier alpha value is -3.27. The number of hydrogen-bond donors (Lipinski definition) is 3. The van der Waals surface area contributed by atoms with E-state index in [1.54, 1.807) is 12.4 Å². The maximum absolute atomic E-state index is 12.1. The van der Waals surface area contributed by atoms with E-state index in [1.807, 2.05) is 66.5 Å². The van der Waals surface area contributed by atoms with Crippen molar-refractivity contribution in [2.24, 2.45) is 0 Å². The van der Waals surface area contributed by atoms with Gasteiger partial charge in [0.05, 0.1) is 17.1 Å². The minimum atomic E-state index is -0.532. The largest absolute Gasteiger partial charge is 0.444 e. The number of rotatable bonds is 3. The minimum Gasteiger partial charge on any atom is -0.444 e. The number of hydrogen-bond acceptors (Lipinski definition) is 6. The van der Waals surface area contributed by atoms with Crippen LogP contribution in [0.2, 0.25) is 0 Å². The number of imidazole rings is 2. The van der Waals surface area contributed by atoms with Gasteiger partial charge in [0.15, 0.2) is 11.3 Å². The van der Waals surface area contributed by atoms with Crippen molar-refractivity contribution in [3.63, 3.8) is 0 Å². The van der Waals surface area contributed by atoms with Gasteiger partial charge in [-0.1, -0.05) is 12.8 Å². The van der Waals surface area contributed by atoms with Crippen molar-refractivity contribution in [2.75, 3.05) is 16.4 Å². The first-order valence-corrected chi connectivity index (χ1v) is 12.1. The normalized spacial score (nSPS) is 14.1. The van der Waals surface area contributed by atoms with Crippen LogP contribution in [0.5, 0.6) is 0 Å². The second-order valence-electron chi connectivity index (χ2n) is 9.32. The third-order valence-electron chi connectivity index (χ3n) is 5.33. The lowest BCUT2D eigenvalue weighted by atomic mass is 10.2. The molecule has 0 aliphatic heterocycles. The summed E-state index contributed by atoms with van der Waals surface area (Å²) in [5.74, 6) is 0. The number of carbonyl (C=O) groups excluding carboxylic acids is 1. The quantitative estimate of drug-likeness (QED) is 0.314. The molecule has 0 radical (unpaired) electrons. The van der Waals surface area contributed by atoms with E-state index in [4.69, 9.17) is 10.5 Å². The first-order valence-electron chi connectivity index (χ1n) is 11.3. The predicted molar refractivity (Wildman–Crippen MR) is 138 cm³/mol. The van der Waals surface area contributed by atoms with E-state index >= 15 is 0 Å². The Morgan fingerprint density at radius 2 is 1.74 bits per heavy atom. The Bertz CT molecular complexity index is 1290. The van der Waals surface area contributed by atoms with Crippen LogP contribution in [0.4, 0.5) is 21.9 Å². The molecule has 1 aliphatic rings. The summed E-state index contributed by atoms with van der Waals surface area (Å²) < 4.78 is 10.1. The van der Waals surface area contributed by atoms with Crippen LogP contribution in [0.1, 0.15) is 46.5 Å². The molecule has 180 valence electrons. The van der Waals surface area contributed by atoms with Crippen LogP contribution in [0.25, 0.3) is 11.3 Å². The van der Waals surface area contributed by atoms with E-state index < -0.39 is 11.7 Å². The van der Waals surface area contributed by atoms with Crippen molar-refractivity contribution in [1.82, 2.24) is 18.8 Å². The van der Waals surface area contributed by atoms with Crippen LogP contribution >= 0.6 is 15.9 Å². The number of pyridine rings is 2. The van der Waals surface area contributed by atoms with Crippen LogP contribution < -0.4 is 16.4 Å². The Morgan fingerprint density at radius 3 is 2.41 bits per heavy atom. The second kappa shape index (κ2) is 9.92. The van der Waals surface area contributed by atoms with E-state index in [-0.39, 0.29) is 0 Å². The molecule has 0 aromatic carbocycles. The molecule has 0 spiro atoms. The van der Waals surface area contributed by atoms with Gasteiger partial charge in [0.2, 0.25) is 0 Å². The third-order valence-corrected chi connectivity index (χ3v) is 5.77. The number of nitrogens with two attached hydrogens (primary N) is 1. The molecule has 5 rings (SSSR count). The Kier molecular flexibility index (Phi) is 6.97. The highest BCUT2D eigenvalue weighted by molar-refractivity contribution is 9.10. The van der Waals surface area contributed by atoms with Gasteiger partial charge in [-0.15, -0.1) is 0 Å². The molecule has 10 heteroatoms. The van der Waals surface area contributed by atoms with Gasteiger partial charge >= 0.3 is 6.09 Å². The number of nitrogens with one attached hydrogen (secondary N) is 2. The van der Waals surface area contributed by atoms with Crippen LogP contribution in [0.3, 0.4) is 0 Å². The number of aromatic nitrogens is 4. The van der Waals surface area contributed by atoms with Gasteiger partial charge in [-0.05, 0) is 61.7 Å². The lowest BCUT2D eigenvalue weighted by Gasteiger charge is -2.20. The number of nitrogens with zero attached hydrogens (tertiary/aromatic N) is 4. The van der Waals surface area contributed by atoms with Crippen molar-refractivity contribution >= 4 is 50.4 Å². The van der Waals surface area contributed by atoms with E-state index in [2.05, 4.69) is 36.5 Å². The standard InChI is InChI=1S/C17H24N4O2.C7H6BrN3/c1-17(2,3)23-16(22)20-14-10-13(19-12-6-4-5-7-12)11-21-9-8-18-15(14)21;8-5-3-6(9)7-10-1-2-11(7)4-5/h8-12,19H,4-7H2,1-3H3,(H,20,22);1-4H,9H2. The average Bonchev–Trinajstić information content (AvgIpc) is 3.48. The fourth-order valence-electron chi connectivity index (χ4n) is 3.95. The number of amides is 1. The summed E-state index contributed by atoms with van der Waals surface area (Å²) in [5, 5.41) is 6.35. The van der Waals surface area contributed by atoms with Crippen molar-refractivity contribution in [2.45, 2.75) is 58.1 Å². The topological polar surface area (TPSA) is 111 Å². The molecular formula is C24H30BrN7O2. The van der Waals surface area contributed by atoms with Crippen molar-refractivity contribution in [1.29, 1.82) is 0 Å². The number of anilines is 3. The third kappa shape index (κ3) is 5.99. The summed E-state index contributed by atoms with van der Waals surface area (Å²) in [6, 6.07) is 4.26. The van der Waals surface area contributed by atoms with Gasteiger partial charge in [0.25, 0.3) is 0 Å². The van der Waals surface area contributed by atoms with Gasteiger partial charge in [-0.25, -0.2) is 14.8 Å². The predicted octanol–water partition coefficient (Wildman–Crippen LogP) is 5.71. The van der Waals surface area contributed by atoms with Crippen LogP contribution in [0, 0.1) is 0 Å². The molecule has 0 unspecified atom stereocenters. The van der Waals surface area contributed by atoms with Gasteiger partial charge in [-0.2, -0.15) is 0 Å². The van der Waals surface area contributed by atoms with Crippen LogP contribution in [0.15, 0.2) is 53.8 Å². The molecule has 1 amide bonds. The molecule has 9 nitrogen and oxygen atoms in total. The number of fused-ring (bicyclic) bond motifs is 2. The lowest BCUT2D eigenvalue weighted by molar-refractivity contribution is 0.0636. The first-order chi connectivity index (χ1) is 16.2. The Morgan fingerprint density at radius 1 is 1.09 bits per heavy atom. The van der Waals surface area contributed by atoms with Gasteiger partial charge in [0, 0.05) is 47.7 Å². The van der Waals surface area contributed by atoms with Gasteiger partial charge < -0.3 is 24.6 Å². The van der Waals surface area contributed by atoms with Crippen molar-refractivity contribution in [3.05, 3.63) is 53.8 Å². The molecule has 0 saturated heterocycles. The number of ether oxygens (including phenoxy) is 1. The highest BCUT2D eigenvalue weighted by Crippen LogP contribution is 2.26. The molecule has 34 heavy (non-hydrogen) atoms. The molecule has 1 aliphatic carbocycles. The highest BCUT2D eigenvalue weighted by Gasteiger charge is 2.19. The zero-order chi connectivity index (χ0) is 24.3. The number of carbonyl (C=O) groups is 1. The summed E-state index contributed by atoms with van der Waals surface area (Å²) in [5.41, 5.74) is 8.97. The molecule has 4 aromatic heterocycles. The molecular weight excluding hydrogens is 498 g/mol. The average molecular weight is 528 g/mol. The summed E-state index contributed by atoms with van der Waals surface area (Å²) in [6.45, 7) is 5.53. The van der Waals surface area contributed by atoms with Crippen molar-refractivity contribution < 1.29 is 9.53 Å². The molecule has 0 atom stereocenters.